The molecule has 0 aromatic heterocycles. The maximum atomic E-state index is 5.18. The number of nitrogens with zero attached hydrogens (tertiary/aromatic N) is 1. The minimum absolute atomic E-state index is 0.710. The van der Waals surface area contributed by atoms with Crippen LogP contribution >= 0.6 is 0 Å². The molecular weight excluding hydrogens is 172 g/mol. The Balaban J connectivity index is 1.60. The number of terminal acetylenes is 1. The minimum Gasteiger partial charge on any atom is -0.305 e. The van der Waals surface area contributed by atoms with E-state index in [2.05, 4.69) is 16.1 Å². The van der Waals surface area contributed by atoms with Crippen molar-refractivity contribution in [1.29, 1.82) is 0 Å². The molecule has 0 radical (unpaired) electrons. The van der Waals surface area contributed by atoms with Gasteiger partial charge in [-0.15, -0.1) is 6.42 Å². The fourth-order valence-electron chi connectivity index (χ4n) is 1.88. The van der Waals surface area contributed by atoms with Gasteiger partial charge >= 0.3 is 0 Å². The molecule has 2 aliphatic carbocycles. The van der Waals surface area contributed by atoms with Crippen LogP contribution in [0.15, 0.2) is 0 Å². The summed E-state index contributed by atoms with van der Waals surface area (Å²) in [6, 6.07) is 0.906. The molecule has 78 valence electrons. The Hall–Kier alpha value is -0.520. The van der Waals surface area contributed by atoms with Gasteiger partial charge in [-0.2, -0.15) is 0 Å². The van der Waals surface area contributed by atoms with Crippen molar-refractivity contribution in [2.24, 2.45) is 5.92 Å². The van der Waals surface area contributed by atoms with Crippen molar-refractivity contribution in [3.63, 3.8) is 0 Å². The van der Waals surface area contributed by atoms with E-state index in [1.165, 1.54) is 38.8 Å². The summed E-state index contributed by atoms with van der Waals surface area (Å²) in [5.74, 6) is 3.63. The predicted octanol–water partition coefficient (Wildman–Crippen LogP) is 1.08. The Morgan fingerprint density at radius 3 is 2.64 bits per heavy atom. The fourth-order valence-corrected chi connectivity index (χ4v) is 1.88. The van der Waals surface area contributed by atoms with Crippen molar-refractivity contribution in [3.8, 4) is 12.3 Å². The fraction of sp³-hybridized carbons (Fsp3) is 0.833. The van der Waals surface area contributed by atoms with E-state index in [4.69, 9.17) is 6.42 Å². The predicted molar refractivity (Wildman–Crippen MR) is 59.0 cm³/mol. The highest BCUT2D eigenvalue weighted by molar-refractivity contribution is 4.90. The summed E-state index contributed by atoms with van der Waals surface area (Å²) in [4.78, 5) is 2.65. The third-order valence-electron chi connectivity index (χ3n) is 3.06. The third kappa shape index (κ3) is 3.32. The first-order valence-electron chi connectivity index (χ1n) is 5.78. The van der Waals surface area contributed by atoms with Crippen LogP contribution in [0.4, 0.5) is 0 Å². The Bertz CT molecular complexity index is 211. The maximum absolute atomic E-state index is 5.18. The van der Waals surface area contributed by atoms with E-state index in [9.17, 15) is 0 Å². The topological polar surface area (TPSA) is 15.3 Å². The summed E-state index contributed by atoms with van der Waals surface area (Å²) >= 11 is 0. The zero-order chi connectivity index (χ0) is 9.80. The van der Waals surface area contributed by atoms with Crippen molar-refractivity contribution >= 4 is 0 Å². The number of hydrogen-bond donors (Lipinski definition) is 1. The molecule has 2 nitrogen and oxygen atoms in total. The Morgan fingerprint density at radius 2 is 2.07 bits per heavy atom. The van der Waals surface area contributed by atoms with Crippen LogP contribution in [0, 0.1) is 18.3 Å². The van der Waals surface area contributed by atoms with Gasteiger partial charge in [-0.3, -0.25) is 4.90 Å². The zero-order valence-electron chi connectivity index (χ0n) is 8.84. The molecule has 2 rings (SSSR count). The molecule has 0 unspecified atom stereocenters. The second kappa shape index (κ2) is 4.82. The normalized spacial score (nSPS) is 21.1. The molecule has 0 aromatic carbocycles. The molecule has 2 saturated carbocycles. The second-order valence-corrected chi connectivity index (χ2v) is 4.55. The van der Waals surface area contributed by atoms with Gasteiger partial charge in [0.25, 0.3) is 0 Å². The Labute approximate surface area is 87.1 Å². The van der Waals surface area contributed by atoms with Gasteiger partial charge in [-0.1, -0.05) is 5.92 Å². The van der Waals surface area contributed by atoms with Crippen LogP contribution in [0.1, 0.15) is 25.7 Å². The molecule has 0 aliphatic heterocycles. The molecule has 0 bridgehead atoms. The van der Waals surface area contributed by atoms with Crippen LogP contribution in [0.2, 0.25) is 0 Å². The molecule has 1 N–H and O–H groups in total. The molecule has 0 atom stereocenters. The summed E-state index contributed by atoms with van der Waals surface area (Å²) in [6.07, 6.45) is 10.9. The minimum atomic E-state index is 0.710. The Kier molecular flexibility index (Phi) is 3.44. The molecule has 2 aliphatic rings. The summed E-state index contributed by atoms with van der Waals surface area (Å²) < 4.78 is 0. The quantitative estimate of drug-likeness (QED) is 0.480. The van der Waals surface area contributed by atoms with Crippen LogP contribution in [0.3, 0.4) is 0 Å². The van der Waals surface area contributed by atoms with Gasteiger partial charge in [-0.25, -0.2) is 0 Å². The summed E-state index contributed by atoms with van der Waals surface area (Å²) in [5, 5.41) is 3.26. The maximum Gasteiger partial charge on any atom is 0.0574 e. The smallest absolute Gasteiger partial charge is 0.0574 e. The van der Waals surface area contributed by atoms with Crippen LogP contribution in [0.5, 0.6) is 0 Å². The van der Waals surface area contributed by atoms with Gasteiger partial charge in [0.1, 0.15) is 0 Å². The van der Waals surface area contributed by atoms with Gasteiger partial charge in [-0.05, 0) is 31.6 Å². The van der Waals surface area contributed by atoms with E-state index < -0.39 is 0 Å². The average molecular weight is 192 g/mol. The highest BCUT2D eigenvalue weighted by Gasteiger charge is 2.32. The van der Waals surface area contributed by atoms with Crippen LogP contribution in [-0.2, 0) is 0 Å². The molecule has 2 fully saturated rings. The van der Waals surface area contributed by atoms with E-state index >= 15 is 0 Å². The standard InChI is InChI=1S/C12H20N2/c1-2-7-13-8-9-14(12-5-6-12)10-11-3-4-11/h1,11-13H,3-10H2. The molecule has 2 heteroatoms. The van der Waals surface area contributed by atoms with Crippen molar-refractivity contribution in [2.75, 3.05) is 26.2 Å². The highest BCUT2D eigenvalue weighted by Crippen LogP contribution is 2.34. The van der Waals surface area contributed by atoms with Crippen LogP contribution < -0.4 is 5.32 Å². The monoisotopic (exact) mass is 192 g/mol. The largest absolute Gasteiger partial charge is 0.305 e. The van der Waals surface area contributed by atoms with E-state index in [1.807, 2.05) is 0 Å². The average Bonchev–Trinajstić information content (AvgIpc) is 3.02. The summed E-state index contributed by atoms with van der Waals surface area (Å²) in [7, 11) is 0. The van der Waals surface area contributed by atoms with Crippen molar-refractivity contribution in [2.45, 2.75) is 31.7 Å². The van der Waals surface area contributed by atoms with E-state index in [0.29, 0.717) is 6.54 Å². The molecule has 0 heterocycles. The highest BCUT2D eigenvalue weighted by atomic mass is 15.2. The number of nitrogens with one attached hydrogen (secondary N) is 1. The first-order valence-corrected chi connectivity index (χ1v) is 5.78. The van der Waals surface area contributed by atoms with Crippen molar-refractivity contribution < 1.29 is 0 Å². The van der Waals surface area contributed by atoms with Crippen molar-refractivity contribution in [3.05, 3.63) is 0 Å². The Morgan fingerprint density at radius 1 is 1.29 bits per heavy atom. The first kappa shape index (κ1) is 10.0. The molecule has 14 heavy (non-hydrogen) atoms. The van der Waals surface area contributed by atoms with E-state index in [0.717, 1.165) is 18.5 Å². The summed E-state index contributed by atoms with van der Waals surface area (Å²) in [5.41, 5.74) is 0. The molecule has 0 spiro atoms. The first-order chi connectivity index (χ1) is 6.90. The molecule has 0 aromatic rings. The second-order valence-electron chi connectivity index (χ2n) is 4.55. The number of rotatable bonds is 7. The molecule has 0 amide bonds. The van der Waals surface area contributed by atoms with Gasteiger partial charge in [0, 0.05) is 25.7 Å². The van der Waals surface area contributed by atoms with E-state index in [-0.39, 0.29) is 0 Å². The lowest BCUT2D eigenvalue weighted by Crippen LogP contribution is -2.35. The van der Waals surface area contributed by atoms with Crippen molar-refractivity contribution in [1.82, 2.24) is 10.2 Å². The van der Waals surface area contributed by atoms with E-state index in [1.54, 1.807) is 0 Å². The van der Waals surface area contributed by atoms with Gasteiger partial charge in [0.15, 0.2) is 0 Å². The lowest BCUT2D eigenvalue weighted by Gasteiger charge is -2.21. The van der Waals surface area contributed by atoms with Crippen LogP contribution in [0.25, 0.3) is 0 Å². The van der Waals surface area contributed by atoms with Gasteiger partial charge < -0.3 is 5.32 Å². The molecular formula is C12H20N2. The zero-order valence-corrected chi connectivity index (χ0v) is 8.84. The molecule has 0 saturated heterocycles. The van der Waals surface area contributed by atoms with Gasteiger partial charge in [0.05, 0.1) is 6.54 Å². The van der Waals surface area contributed by atoms with Crippen LogP contribution in [-0.4, -0.2) is 37.1 Å². The lowest BCUT2D eigenvalue weighted by molar-refractivity contribution is 0.254. The number of hydrogen-bond acceptors (Lipinski definition) is 2. The van der Waals surface area contributed by atoms with Gasteiger partial charge in [0.2, 0.25) is 0 Å². The lowest BCUT2D eigenvalue weighted by atomic mass is 10.3. The summed E-state index contributed by atoms with van der Waals surface area (Å²) in [6.45, 7) is 4.28. The SMILES string of the molecule is C#CCNCCN(CC1CC1)C1CC1. The third-order valence-corrected chi connectivity index (χ3v) is 3.06.